The number of nitrogens with zero attached hydrogens (tertiary/aromatic N) is 8. The average Bonchev–Trinajstić information content (AvgIpc) is 1.18. The van der Waals surface area contributed by atoms with Gasteiger partial charge in [-0.1, -0.05) is 209 Å². The molecule has 4 aromatic carbocycles. The smallest absolute Gasteiger partial charge is 0.272 e. The highest BCUT2D eigenvalue weighted by molar-refractivity contribution is 5.78. The van der Waals surface area contributed by atoms with Crippen LogP contribution in [0.4, 0.5) is 0 Å². The van der Waals surface area contributed by atoms with Crippen LogP contribution in [0.1, 0.15) is 302 Å². The number of aromatic nitrogens is 8. The summed E-state index contributed by atoms with van der Waals surface area (Å²) in [4.78, 5) is 29.1. The van der Waals surface area contributed by atoms with Crippen molar-refractivity contribution in [1.29, 1.82) is 0 Å². The SMILES string of the molecule is CC(C)(C)c1cc2c(O)c(c1)Cc1cc(C(C)(C)C)cc(c1OCC(=O)NNC1(c3nnnn3C3CCCCC3)CCCCC1)Cc1cc(C(C)(C)C)cc(c1O)Cc1cc(C(C)(C)C)cc(c1OCC(=O)NNC1(c3nnnn3C3CCCCC3)CCCCC1)C2. The van der Waals surface area contributed by atoms with E-state index in [1.165, 1.54) is 12.8 Å². The van der Waals surface area contributed by atoms with Crippen molar-refractivity contribution in [2.24, 2.45) is 0 Å². The van der Waals surface area contributed by atoms with Gasteiger partial charge in [-0.3, -0.25) is 20.4 Å². The Morgan fingerprint density at radius 3 is 0.989 bits per heavy atom. The molecule has 2 heterocycles. The number of aromatic hydroxyl groups is 2. The van der Waals surface area contributed by atoms with E-state index in [-0.39, 0.29) is 96.0 Å². The molecule has 0 atom stereocenters. The monoisotopic (exact) mass is 1260 g/mol. The minimum Gasteiger partial charge on any atom is -0.507 e. The highest BCUT2D eigenvalue weighted by Crippen LogP contribution is 2.46. The number of carbonyl (C=O) groups is 2. The number of nitrogens with one attached hydrogen (secondary N) is 4. The zero-order chi connectivity index (χ0) is 65.4. The first kappa shape index (κ1) is 66.5. The molecule has 0 spiro atoms. The zero-order valence-corrected chi connectivity index (χ0v) is 57.3. The maximum absolute atomic E-state index is 14.6. The molecule has 5 aliphatic carbocycles. The Morgan fingerprint density at radius 2 is 0.707 bits per heavy atom. The van der Waals surface area contributed by atoms with Gasteiger partial charge < -0.3 is 19.7 Å². The van der Waals surface area contributed by atoms with Crippen LogP contribution in [0, 0.1) is 0 Å². The van der Waals surface area contributed by atoms with Crippen molar-refractivity contribution >= 4 is 11.8 Å². The summed E-state index contributed by atoms with van der Waals surface area (Å²) in [5.41, 5.74) is 20.8. The lowest BCUT2D eigenvalue weighted by molar-refractivity contribution is -0.125. The molecule has 11 rings (SSSR count). The van der Waals surface area contributed by atoms with Crippen molar-refractivity contribution in [2.75, 3.05) is 13.2 Å². The van der Waals surface area contributed by atoms with Gasteiger partial charge in [0.05, 0.1) is 23.2 Å². The highest BCUT2D eigenvalue weighted by Gasteiger charge is 2.43. The van der Waals surface area contributed by atoms with Gasteiger partial charge in [-0.25, -0.2) is 20.2 Å². The number of hydrogen-bond acceptors (Lipinski definition) is 14. The number of carbonyl (C=O) groups excluding carboxylic acids is 2. The van der Waals surface area contributed by atoms with Crippen LogP contribution in [0.2, 0.25) is 0 Å². The van der Waals surface area contributed by atoms with Crippen LogP contribution >= 0.6 is 0 Å². The number of ether oxygens (including phenoxy) is 2. The predicted octanol–water partition coefficient (Wildman–Crippen LogP) is 13.7. The van der Waals surface area contributed by atoms with Gasteiger partial charge in [0, 0.05) is 25.7 Å². The Hall–Kier alpha value is -6.92. The number of benzene rings is 4. The number of tetrazole rings is 2. The van der Waals surface area contributed by atoms with E-state index in [1.54, 1.807) is 0 Å². The van der Waals surface area contributed by atoms with Gasteiger partial charge in [0.15, 0.2) is 24.9 Å². The molecule has 6 N–H and O–H groups in total. The lowest BCUT2D eigenvalue weighted by Crippen LogP contribution is -2.55. The fraction of sp³-hybridized carbons (Fsp3) is 0.622. The molecular weight excluding hydrogens is 1150 g/mol. The maximum atomic E-state index is 14.6. The lowest BCUT2D eigenvalue weighted by Gasteiger charge is -2.38. The van der Waals surface area contributed by atoms with Crippen molar-refractivity contribution in [3.8, 4) is 23.0 Å². The summed E-state index contributed by atoms with van der Waals surface area (Å²) in [5.74, 6) is 2.19. The van der Waals surface area contributed by atoms with E-state index < -0.39 is 11.1 Å². The molecule has 0 saturated heterocycles. The molecule has 92 heavy (non-hydrogen) atoms. The van der Waals surface area contributed by atoms with Gasteiger partial charge in [0.1, 0.15) is 23.0 Å². The summed E-state index contributed by atoms with van der Waals surface area (Å²) in [7, 11) is 0. The molecule has 2 aromatic heterocycles. The zero-order valence-electron chi connectivity index (χ0n) is 57.3. The largest absolute Gasteiger partial charge is 0.507 e. The number of hydrogen-bond donors (Lipinski definition) is 6. The first-order valence-corrected chi connectivity index (χ1v) is 34.7. The van der Waals surface area contributed by atoms with E-state index in [1.807, 2.05) is 9.36 Å². The van der Waals surface area contributed by atoms with Gasteiger partial charge in [0.2, 0.25) is 0 Å². The molecule has 6 aromatic rings. The first-order valence-electron chi connectivity index (χ1n) is 34.7. The molecule has 496 valence electrons. The summed E-state index contributed by atoms with van der Waals surface area (Å²) in [6, 6.07) is 17.6. The van der Waals surface area contributed by atoms with Crippen LogP contribution in [0.3, 0.4) is 0 Å². The normalized spacial score (nSPS) is 18.5. The van der Waals surface area contributed by atoms with Crippen LogP contribution in [-0.2, 0) is 68.0 Å². The molecule has 2 amide bonds. The Labute approximate surface area is 545 Å². The summed E-state index contributed by atoms with van der Waals surface area (Å²) in [6.45, 7) is 25.6. The molecule has 5 aliphatic rings. The first-order chi connectivity index (χ1) is 43.7. The third kappa shape index (κ3) is 14.7. The second-order valence-corrected chi connectivity index (χ2v) is 31.9. The van der Waals surface area contributed by atoms with Crippen molar-refractivity contribution < 1.29 is 29.3 Å². The molecule has 0 radical (unpaired) electrons. The molecule has 0 aliphatic heterocycles. The van der Waals surface area contributed by atoms with Crippen molar-refractivity contribution in [3.05, 3.63) is 127 Å². The van der Waals surface area contributed by atoms with Crippen LogP contribution in [0.5, 0.6) is 23.0 Å². The van der Waals surface area contributed by atoms with Crippen molar-refractivity contribution in [3.63, 3.8) is 0 Å². The fourth-order valence-electron chi connectivity index (χ4n) is 15.0. The highest BCUT2D eigenvalue weighted by atomic mass is 16.5. The number of fused-ring (bicyclic) bond motifs is 8. The summed E-state index contributed by atoms with van der Waals surface area (Å²) >= 11 is 0. The van der Waals surface area contributed by atoms with Crippen LogP contribution < -0.4 is 31.2 Å². The van der Waals surface area contributed by atoms with Crippen LogP contribution in [0.15, 0.2) is 48.5 Å². The lowest BCUT2D eigenvalue weighted by atomic mass is 9.79. The minimum atomic E-state index is -0.648. The number of hydrazine groups is 2. The fourth-order valence-corrected chi connectivity index (χ4v) is 15.0. The van der Waals surface area contributed by atoms with Crippen LogP contribution in [0.25, 0.3) is 0 Å². The molecular formula is C74H104N12O6. The van der Waals surface area contributed by atoms with Gasteiger partial charge in [-0.15, -0.1) is 10.2 Å². The predicted molar refractivity (Wildman–Crippen MR) is 358 cm³/mol. The Bertz CT molecular complexity index is 3280. The molecule has 8 bridgehead atoms. The third-order valence-electron chi connectivity index (χ3n) is 20.7. The molecule has 4 fully saturated rings. The Kier molecular flexibility index (Phi) is 19.4. The standard InChI is InChI=1S/C74H104N12O6/c1-69(2,3)55-37-47-33-51-41-57(71(7,8)9)43-53(65(51)91-45-61(87)75-79-73(29-21-15-22-30-73)67-77-81-83-85(67)59-25-17-13-18-26-59)35-49-39-56(70(4,5)6)40-50(64(49)90)36-54-44-58(72(10,11)12)42-52(34-48(38-55)63(47)89)66(54)92-46-62(88)76-80-74(31-23-16-24-32-74)68-78-82-84-86(68)60-27-19-14-20-28-60/h37-44,59-60,79-80,89-90H,13-36,45-46H2,1-12H3,(H,75,87)(H,76,88). The van der Waals surface area contributed by atoms with Crippen LogP contribution in [-0.4, -0.2) is 75.7 Å². The average molecular weight is 1260 g/mol. The number of phenolic OH excluding ortho intramolecular Hbond substituents is 2. The topological polar surface area (TPSA) is 228 Å². The van der Waals surface area contributed by atoms with E-state index in [4.69, 9.17) is 9.47 Å². The van der Waals surface area contributed by atoms with E-state index in [0.29, 0.717) is 33.8 Å². The van der Waals surface area contributed by atoms with E-state index in [0.717, 1.165) is 172 Å². The summed E-state index contributed by atoms with van der Waals surface area (Å²) in [5, 5.41) is 52.9. The second kappa shape index (κ2) is 26.8. The van der Waals surface area contributed by atoms with Gasteiger partial charge in [0.25, 0.3) is 11.8 Å². The van der Waals surface area contributed by atoms with Gasteiger partial charge in [-0.2, -0.15) is 0 Å². The van der Waals surface area contributed by atoms with Gasteiger partial charge in [-0.05, 0) is 161 Å². The van der Waals surface area contributed by atoms with Gasteiger partial charge >= 0.3 is 0 Å². The number of amides is 2. The Balaban J connectivity index is 0.985. The number of phenols is 2. The molecule has 4 saturated carbocycles. The third-order valence-corrected chi connectivity index (χ3v) is 20.7. The van der Waals surface area contributed by atoms with E-state index in [2.05, 4.69) is 184 Å². The maximum Gasteiger partial charge on any atom is 0.272 e. The summed E-state index contributed by atoms with van der Waals surface area (Å²) < 4.78 is 18.0. The van der Waals surface area contributed by atoms with E-state index >= 15 is 0 Å². The molecule has 0 unspecified atom stereocenters. The minimum absolute atomic E-state index is 0.149. The number of rotatable bonds is 14. The molecule has 18 heteroatoms. The van der Waals surface area contributed by atoms with Crippen molar-refractivity contribution in [2.45, 2.75) is 282 Å². The molecule has 18 nitrogen and oxygen atoms in total. The Morgan fingerprint density at radius 1 is 0.435 bits per heavy atom. The van der Waals surface area contributed by atoms with E-state index in [9.17, 15) is 19.8 Å². The van der Waals surface area contributed by atoms with Crippen molar-refractivity contribution in [1.82, 2.24) is 62.1 Å². The second-order valence-electron chi connectivity index (χ2n) is 31.9. The summed E-state index contributed by atoms with van der Waals surface area (Å²) in [6.07, 6.45) is 21.4. The quantitative estimate of drug-likeness (QED) is 0.0557.